The van der Waals surface area contributed by atoms with Crippen LogP contribution in [0.4, 0.5) is 0 Å². The molecule has 0 saturated carbocycles. The number of carbonyl (C=O) groups is 1. The first kappa shape index (κ1) is 8.20. The standard InChI is InChI=1S/C11H10O2/c1-13-11-9-5-3-2-4-8(9)6-7-10(11)12/h2-7,11H,1H3. The van der Waals surface area contributed by atoms with Gasteiger partial charge >= 0.3 is 0 Å². The minimum atomic E-state index is -0.416. The van der Waals surface area contributed by atoms with Crippen molar-refractivity contribution >= 4 is 11.9 Å². The van der Waals surface area contributed by atoms with Crippen LogP contribution in [0.5, 0.6) is 0 Å². The maximum Gasteiger partial charge on any atom is 0.188 e. The maximum atomic E-state index is 11.4. The number of hydrogen-bond donors (Lipinski definition) is 0. The summed E-state index contributed by atoms with van der Waals surface area (Å²) in [7, 11) is 1.55. The van der Waals surface area contributed by atoms with Gasteiger partial charge in [-0.3, -0.25) is 4.79 Å². The smallest absolute Gasteiger partial charge is 0.188 e. The van der Waals surface area contributed by atoms with E-state index in [1.165, 1.54) is 0 Å². The van der Waals surface area contributed by atoms with Gasteiger partial charge in [-0.2, -0.15) is 0 Å². The average Bonchev–Trinajstić information content (AvgIpc) is 2.18. The van der Waals surface area contributed by atoms with Crippen LogP contribution >= 0.6 is 0 Å². The van der Waals surface area contributed by atoms with Gasteiger partial charge in [0.1, 0.15) is 6.10 Å². The van der Waals surface area contributed by atoms with Crippen LogP contribution < -0.4 is 0 Å². The normalized spacial score (nSPS) is 20.1. The number of rotatable bonds is 1. The summed E-state index contributed by atoms with van der Waals surface area (Å²) in [5, 5.41) is 0. The van der Waals surface area contributed by atoms with E-state index in [4.69, 9.17) is 4.74 Å². The molecule has 1 atom stereocenters. The van der Waals surface area contributed by atoms with Crippen LogP contribution in [-0.2, 0) is 9.53 Å². The van der Waals surface area contributed by atoms with Crippen LogP contribution in [0.15, 0.2) is 30.3 Å². The molecule has 0 fully saturated rings. The second-order valence-corrected chi connectivity index (χ2v) is 2.98. The number of ketones is 1. The van der Waals surface area contributed by atoms with E-state index in [9.17, 15) is 4.79 Å². The molecule has 0 aromatic heterocycles. The molecule has 0 spiro atoms. The van der Waals surface area contributed by atoms with Gasteiger partial charge in [0, 0.05) is 7.11 Å². The van der Waals surface area contributed by atoms with E-state index in [1.54, 1.807) is 13.2 Å². The van der Waals surface area contributed by atoms with Gasteiger partial charge in [0.15, 0.2) is 5.78 Å². The first-order chi connectivity index (χ1) is 6.33. The highest BCUT2D eigenvalue weighted by Crippen LogP contribution is 2.27. The Hall–Kier alpha value is -1.41. The molecule has 1 aromatic carbocycles. The molecule has 1 unspecified atom stereocenters. The second kappa shape index (κ2) is 3.15. The van der Waals surface area contributed by atoms with Gasteiger partial charge in [0.05, 0.1) is 0 Å². The Morgan fingerprint density at radius 1 is 1.23 bits per heavy atom. The van der Waals surface area contributed by atoms with Crippen molar-refractivity contribution in [2.75, 3.05) is 7.11 Å². The van der Waals surface area contributed by atoms with E-state index in [1.807, 2.05) is 30.3 Å². The third-order valence-corrected chi connectivity index (χ3v) is 2.20. The minimum absolute atomic E-state index is 0.0150. The Morgan fingerprint density at radius 3 is 2.77 bits per heavy atom. The average molecular weight is 174 g/mol. The van der Waals surface area contributed by atoms with Crippen LogP contribution in [0.2, 0.25) is 0 Å². The summed E-state index contributed by atoms with van der Waals surface area (Å²) < 4.78 is 5.13. The first-order valence-corrected chi connectivity index (χ1v) is 4.16. The molecule has 0 saturated heterocycles. The quantitative estimate of drug-likeness (QED) is 0.650. The first-order valence-electron chi connectivity index (χ1n) is 4.16. The van der Waals surface area contributed by atoms with Crippen molar-refractivity contribution in [3.05, 3.63) is 41.5 Å². The number of methoxy groups -OCH3 is 1. The molecular weight excluding hydrogens is 164 g/mol. The highest BCUT2D eigenvalue weighted by atomic mass is 16.5. The molecule has 0 N–H and O–H groups in total. The van der Waals surface area contributed by atoms with Gasteiger partial charge in [-0.25, -0.2) is 0 Å². The fourth-order valence-corrected chi connectivity index (χ4v) is 1.56. The monoisotopic (exact) mass is 174 g/mol. The molecule has 13 heavy (non-hydrogen) atoms. The van der Waals surface area contributed by atoms with Crippen molar-refractivity contribution in [3.63, 3.8) is 0 Å². The Labute approximate surface area is 76.8 Å². The minimum Gasteiger partial charge on any atom is -0.369 e. The highest BCUT2D eigenvalue weighted by Gasteiger charge is 2.22. The van der Waals surface area contributed by atoms with E-state index in [2.05, 4.69) is 0 Å². The molecule has 1 aromatic rings. The lowest BCUT2D eigenvalue weighted by Gasteiger charge is -2.18. The van der Waals surface area contributed by atoms with Crippen molar-refractivity contribution in [2.45, 2.75) is 6.10 Å². The van der Waals surface area contributed by atoms with E-state index in [0.29, 0.717) is 0 Å². The molecule has 0 amide bonds. The zero-order valence-corrected chi connectivity index (χ0v) is 7.36. The molecule has 1 aliphatic carbocycles. The lowest BCUT2D eigenvalue weighted by atomic mass is 9.94. The summed E-state index contributed by atoms with van der Waals surface area (Å²) >= 11 is 0. The van der Waals surface area contributed by atoms with Gasteiger partial charge in [-0.05, 0) is 17.2 Å². The molecule has 2 nitrogen and oxygen atoms in total. The van der Waals surface area contributed by atoms with Crippen molar-refractivity contribution < 1.29 is 9.53 Å². The molecule has 66 valence electrons. The number of ether oxygens (including phenoxy) is 1. The van der Waals surface area contributed by atoms with Crippen molar-refractivity contribution in [2.24, 2.45) is 0 Å². The number of fused-ring (bicyclic) bond motifs is 1. The number of carbonyl (C=O) groups excluding carboxylic acids is 1. The Kier molecular flexibility index (Phi) is 1.99. The van der Waals surface area contributed by atoms with Crippen LogP contribution in [0.25, 0.3) is 6.08 Å². The molecule has 2 rings (SSSR count). The fraction of sp³-hybridized carbons (Fsp3) is 0.182. The summed E-state index contributed by atoms with van der Waals surface area (Å²) in [5.74, 6) is 0.0150. The summed E-state index contributed by atoms with van der Waals surface area (Å²) in [6.07, 6.45) is 2.98. The van der Waals surface area contributed by atoms with Crippen molar-refractivity contribution in [3.8, 4) is 0 Å². The van der Waals surface area contributed by atoms with Crippen LogP contribution in [0, 0.1) is 0 Å². The fourth-order valence-electron chi connectivity index (χ4n) is 1.56. The molecule has 0 radical (unpaired) electrons. The van der Waals surface area contributed by atoms with Gasteiger partial charge in [0.25, 0.3) is 0 Å². The predicted octanol–water partition coefficient (Wildman–Crippen LogP) is 1.97. The van der Waals surface area contributed by atoms with E-state index < -0.39 is 6.10 Å². The third-order valence-electron chi connectivity index (χ3n) is 2.20. The molecule has 2 heteroatoms. The van der Waals surface area contributed by atoms with Crippen LogP contribution in [-0.4, -0.2) is 12.9 Å². The second-order valence-electron chi connectivity index (χ2n) is 2.98. The lowest BCUT2D eigenvalue weighted by Crippen LogP contribution is -2.16. The van der Waals surface area contributed by atoms with E-state index in [-0.39, 0.29) is 5.78 Å². The zero-order chi connectivity index (χ0) is 9.26. The van der Waals surface area contributed by atoms with Crippen LogP contribution in [0.1, 0.15) is 17.2 Å². The predicted molar refractivity (Wildman–Crippen MR) is 50.2 cm³/mol. The molecule has 0 heterocycles. The lowest BCUT2D eigenvalue weighted by molar-refractivity contribution is -0.124. The van der Waals surface area contributed by atoms with Gasteiger partial charge < -0.3 is 4.74 Å². The van der Waals surface area contributed by atoms with Gasteiger partial charge in [0.2, 0.25) is 0 Å². The summed E-state index contributed by atoms with van der Waals surface area (Å²) in [6.45, 7) is 0. The molecular formula is C11H10O2. The summed E-state index contributed by atoms with van der Waals surface area (Å²) in [5.41, 5.74) is 2.02. The molecule has 0 bridgehead atoms. The van der Waals surface area contributed by atoms with Crippen molar-refractivity contribution in [1.82, 2.24) is 0 Å². The van der Waals surface area contributed by atoms with Crippen LogP contribution in [0.3, 0.4) is 0 Å². The van der Waals surface area contributed by atoms with Gasteiger partial charge in [-0.1, -0.05) is 30.3 Å². The number of benzene rings is 1. The SMILES string of the molecule is COC1C(=O)C=Cc2ccccc21. The molecule has 0 aliphatic heterocycles. The van der Waals surface area contributed by atoms with Crippen molar-refractivity contribution in [1.29, 1.82) is 0 Å². The number of hydrogen-bond acceptors (Lipinski definition) is 2. The Bertz CT molecular complexity index is 366. The largest absolute Gasteiger partial charge is 0.369 e. The molecule has 1 aliphatic rings. The summed E-state index contributed by atoms with van der Waals surface area (Å²) in [4.78, 5) is 11.4. The maximum absolute atomic E-state index is 11.4. The summed E-state index contributed by atoms with van der Waals surface area (Å²) in [6, 6.07) is 7.76. The van der Waals surface area contributed by atoms with E-state index in [0.717, 1.165) is 11.1 Å². The topological polar surface area (TPSA) is 26.3 Å². The Morgan fingerprint density at radius 2 is 2.00 bits per heavy atom. The van der Waals surface area contributed by atoms with Gasteiger partial charge in [-0.15, -0.1) is 0 Å². The third kappa shape index (κ3) is 1.29. The highest BCUT2D eigenvalue weighted by molar-refractivity contribution is 6.00. The zero-order valence-electron chi connectivity index (χ0n) is 7.36. The van der Waals surface area contributed by atoms with E-state index >= 15 is 0 Å². The Balaban J connectivity index is 2.53.